The Morgan fingerprint density at radius 3 is 2.83 bits per heavy atom. The molecule has 0 fully saturated rings. The molecule has 4 heteroatoms. The minimum absolute atomic E-state index is 0.0324. The van der Waals surface area contributed by atoms with Gasteiger partial charge in [-0.05, 0) is 24.5 Å². The second-order valence-corrected chi connectivity index (χ2v) is 6.96. The van der Waals surface area contributed by atoms with Crippen LogP contribution in [0.2, 0.25) is 0 Å². The highest BCUT2D eigenvalue weighted by Crippen LogP contribution is 2.31. The highest BCUT2D eigenvalue weighted by atomic mass is 16.2. The van der Waals surface area contributed by atoms with E-state index < -0.39 is 0 Å². The van der Waals surface area contributed by atoms with Gasteiger partial charge in [-0.2, -0.15) is 0 Å². The fourth-order valence-electron chi connectivity index (χ4n) is 3.81. The van der Waals surface area contributed by atoms with Gasteiger partial charge in [0.25, 0.3) is 0 Å². The third kappa shape index (κ3) is 3.00. The number of H-pyrrole nitrogens is 1. The largest absolute Gasteiger partial charge is 0.357 e. The number of hydrogen-bond acceptors (Lipinski definition) is 2. The van der Waals surface area contributed by atoms with E-state index in [9.17, 15) is 4.79 Å². The first-order valence-corrected chi connectivity index (χ1v) is 8.55. The van der Waals surface area contributed by atoms with Gasteiger partial charge >= 0.3 is 0 Å². The van der Waals surface area contributed by atoms with Gasteiger partial charge in [0.05, 0.1) is 0 Å². The summed E-state index contributed by atoms with van der Waals surface area (Å²) in [4.78, 5) is 19.9. The zero-order valence-corrected chi connectivity index (χ0v) is 14.6. The zero-order chi connectivity index (χ0) is 16.6. The number of carbonyl (C=O) groups is 1. The van der Waals surface area contributed by atoms with Crippen LogP contribution in [0.4, 0.5) is 0 Å². The van der Waals surface area contributed by atoms with Crippen LogP contribution in [-0.4, -0.2) is 47.4 Å². The molecule has 0 saturated heterocycles. The van der Waals surface area contributed by atoms with E-state index >= 15 is 0 Å². The molecule has 0 bridgehead atoms. The van der Waals surface area contributed by atoms with Crippen LogP contribution in [0.1, 0.15) is 31.5 Å². The second-order valence-electron chi connectivity index (χ2n) is 6.96. The van der Waals surface area contributed by atoms with Crippen LogP contribution in [0, 0.1) is 5.92 Å². The van der Waals surface area contributed by atoms with Crippen LogP contribution in [0.5, 0.6) is 0 Å². The number of rotatable bonds is 4. The second kappa shape index (κ2) is 6.36. The lowest BCUT2D eigenvalue weighted by Crippen LogP contribution is -2.44. The standard InChI is InChI=1S/C19H27N3O/c1-5-14-10-16-15-8-6-7-9-17(15)20-18(16)12-22(14)11-13(2)19(23)21(3)4/h6-9,13-14,20H,5,10-12H2,1-4H3/t13-,14+/m0/s1. The van der Waals surface area contributed by atoms with E-state index in [1.807, 2.05) is 21.0 Å². The van der Waals surface area contributed by atoms with Crippen LogP contribution in [0.25, 0.3) is 10.9 Å². The van der Waals surface area contributed by atoms with Gasteiger partial charge in [0, 0.05) is 55.7 Å². The van der Waals surface area contributed by atoms with Gasteiger partial charge in [0.15, 0.2) is 0 Å². The Kier molecular flexibility index (Phi) is 4.44. The topological polar surface area (TPSA) is 39.3 Å². The number of para-hydroxylation sites is 1. The average Bonchev–Trinajstić information content (AvgIpc) is 2.90. The van der Waals surface area contributed by atoms with Crippen molar-refractivity contribution in [3.63, 3.8) is 0 Å². The van der Waals surface area contributed by atoms with E-state index in [1.54, 1.807) is 4.90 Å². The summed E-state index contributed by atoms with van der Waals surface area (Å²) in [6, 6.07) is 9.07. The van der Waals surface area contributed by atoms with Crippen molar-refractivity contribution in [3.8, 4) is 0 Å². The first-order valence-electron chi connectivity index (χ1n) is 8.55. The van der Waals surface area contributed by atoms with Crippen LogP contribution >= 0.6 is 0 Å². The average molecular weight is 313 g/mol. The summed E-state index contributed by atoms with van der Waals surface area (Å²) in [6.07, 6.45) is 2.18. The van der Waals surface area contributed by atoms with Crippen molar-refractivity contribution in [2.24, 2.45) is 5.92 Å². The molecular formula is C19H27N3O. The first kappa shape index (κ1) is 16.1. The van der Waals surface area contributed by atoms with Gasteiger partial charge in [0.1, 0.15) is 0 Å². The minimum Gasteiger partial charge on any atom is -0.357 e. The molecule has 0 unspecified atom stereocenters. The fraction of sp³-hybridized carbons (Fsp3) is 0.526. The summed E-state index contributed by atoms with van der Waals surface area (Å²) in [6.45, 7) is 6.02. The maximum Gasteiger partial charge on any atom is 0.226 e. The van der Waals surface area contributed by atoms with Crippen molar-refractivity contribution < 1.29 is 4.79 Å². The predicted molar refractivity (Wildman–Crippen MR) is 94.3 cm³/mol. The Balaban J connectivity index is 1.84. The van der Waals surface area contributed by atoms with E-state index in [0.717, 1.165) is 25.9 Å². The number of nitrogens with zero attached hydrogens (tertiary/aromatic N) is 2. The van der Waals surface area contributed by atoms with E-state index in [1.165, 1.54) is 22.2 Å². The number of nitrogens with one attached hydrogen (secondary N) is 1. The summed E-state index contributed by atoms with van der Waals surface area (Å²) >= 11 is 0. The molecule has 4 nitrogen and oxygen atoms in total. The Morgan fingerprint density at radius 1 is 1.39 bits per heavy atom. The predicted octanol–water partition coefficient (Wildman–Crippen LogP) is 3.03. The lowest BCUT2D eigenvalue weighted by Gasteiger charge is -2.37. The molecule has 1 aromatic heterocycles. The van der Waals surface area contributed by atoms with E-state index in [2.05, 4.69) is 41.1 Å². The quantitative estimate of drug-likeness (QED) is 0.942. The number of aromatic nitrogens is 1. The maximum atomic E-state index is 12.2. The molecule has 23 heavy (non-hydrogen) atoms. The molecule has 1 N–H and O–H groups in total. The lowest BCUT2D eigenvalue weighted by molar-refractivity contribution is -0.133. The van der Waals surface area contributed by atoms with Crippen LogP contribution in [0.3, 0.4) is 0 Å². The fourth-order valence-corrected chi connectivity index (χ4v) is 3.81. The van der Waals surface area contributed by atoms with E-state index in [4.69, 9.17) is 0 Å². The molecule has 0 radical (unpaired) electrons. The van der Waals surface area contributed by atoms with Gasteiger partial charge < -0.3 is 9.88 Å². The Hall–Kier alpha value is -1.81. The molecule has 2 atom stereocenters. The Morgan fingerprint density at radius 2 is 2.13 bits per heavy atom. The van der Waals surface area contributed by atoms with Crippen molar-refractivity contribution in [2.75, 3.05) is 20.6 Å². The van der Waals surface area contributed by atoms with Crippen LogP contribution in [0.15, 0.2) is 24.3 Å². The van der Waals surface area contributed by atoms with Gasteiger partial charge in [0.2, 0.25) is 5.91 Å². The molecule has 1 amide bonds. The molecule has 0 aliphatic carbocycles. The third-order valence-corrected chi connectivity index (χ3v) is 5.06. The smallest absolute Gasteiger partial charge is 0.226 e. The van der Waals surface area contributed by atoms with E-state index in [0.29, 0.717) is 6.04 Å². The number of amides is 1. The molecule has 2 heterocycles. The molecule has 0 saturated carbocycles. The van der Waals surface area contributed by atoms with Crippen molar-refractivity contribution in [1.82, 2.24) is 14.8 Å². The summed E-state index contributed by atoms with van der Waals surface area (Å²) in [5.74, 6) is 0.243. The van der Waals surface area contributed by atoms with Crippen molar-refractivity contribution >= 4 is 16.8 Å². The number of hydrogen-bond donors (Lipinski definition) is 1. The van der Waals surface area contributed by atoms with Gasteiger partial charge in [-0.15, -0.1) is 0 Å². The zero-order valence-electron chi connectivity index (χ0n) is 14.6. The summed E-state index contributed by atoms with van der Waals surface area (Å²) in [5.41, 5.74) is 4.02. The molecule has 1 aliphatic heterocycles. The molecule has 124 valence electrons. The maximum absolute atomic E-state index is 12.2. The summed E-state index contributed by atoms with van der Waals surface area (Å²) in [5, 5.41) is 1.36. The number of fused-ring (bicyclic) bond motifs is 3. The molecule has 1 aromatic carbocycles. The number of benzene rings is 1. The van der Waals surface area contributed by atoms with Crippen LogP contribution in [-0.2, 0) is 17.8 Å². The van der Waals surface area contributed by atoms with Crippen LogP contribution < -0.4 is 0 Å². The summed E-state index contributed by atoms with van der Waals surface area (Å²) < 4.78 is 0. The third-order valence-electron chi connectivity index (χ3n) is 5.06. The Labute approximate surface area is 138 Å². The first-order chi connectivity index (χ1) is 11.0. The molecule has 1 aliphatic rings. The van der Waals surface area contributed by atoms with Crippen molar-refractivity contribution in [1.29, 1.82) is 0 Å². The normalized spacial score (nSPS) is 19.6. The van der Waals surface area contributed by atoms with Crippen molar-refractivity contribution in [3.05, 3.63) is 35.5 Å². The molecular weight excluding hydrogens is 286 g/mol. The highest BCUT2D eigenvalue weighted by Gasteiger charge is 2.30. The van der Waals surface area contributed by atoms with Gasteiger partial charge in [-0.25, -0.2) is 0 Å². The van der Waals surface area contributed by atoms with E-state index in [-0.39, 0.29) is 11.8 Å². The highest BCUT2D eigenvalue weighted by molar-refractivity contribution is 5.85. The summed E-state index contributed by atoms with van der Waals surface area (Å²) in [7, 11) is 3.67. The number of aromatic amines is 1. The monoisotopic (exact) mass is 313 g/mol. The SMILES string of the molecule is CC[C@@H]1Cc2c([nH]c3ccccc23)CN1C[C@H](C)C(=O)N(C)C. The molecule has 3 rings (SSSR count). The van der Waals surface area contributed by atoms with Gasteiger partial charge in [-0.3, -0.25) is 9.69 Å². The van der Waals surface area contributed by atoms with Crippen molar-refractivity contribution in [2.45, 2.75) is 39.3 Å². The Bertz CT molecular complexity index is 704. The molecule has 2 aromatic rings. The minimum atomic E-state index is 0.0324. The van der Waals surface area contributed by atoms with Gasteiger partial charge in [-0.1, -0.05) is 32.0 Å². The number of carbonyl (C=O) groups excluding carboxylic acids is 1. The molecule has 0 spiro atoms. The lowest BCUT2D eigenvalue weighted by atomic mass is 9.94.